The average Bonchev–Trinajstić information content (AvgIpc) is 2.55. The minimum atomic E-state index is -0.736. The number of halogens is 2. The Kier molecular flexibility index (Phi) is 6.12. The van der Waals surface area contributed by atoms with Gasteiger partial charge in [-0.2, -0.15) is 0 Å². The number of Topliss-reactive ketones (excluding diaryl/α,β-unsaturated/α-hetero) is 1. The van der Waals surface area contributed by atoms with Crippen LogP contribution < -0.4 is 0 Å². The third-order valence-corrected chi connectivity index (χ3v) is 3.47. The highest BCUT2D eigenvalue weighted by Gasteiger charge is 2.25. The van der Waals surface area contributed by atoms with Crippen LogP contribution in [0, 0.1) is 11.6 Å². The van der Waals surface area contributed by atoms with Crippen molar-refractivity contribution in [2.45, 2.75) is 25.7 Å². The molecule has 126 valence electrons. The molecule has 24 heavy (non-hydrogen) atoms. The average molecular weight is 333 g/mol. The number of nitrogens with zero attached hydrogens (tertiary/aromatic N) is 1. The molecule has 1 aromatic heterocycles. The number of esters is 1. The van der Waals surface area contributed by atoms with Crippen LogP contribution in [-0.4, -0.2) is 23.3 Å². The molecular weight excluding hydrogens is 316 g/mol. The van der Waals surface area contributed by atoms with Crippen molar-refractivity contribution in [3.8, 4) is 0 Å². The molecule has 1 unspecified atom stereocenters. The van der Waals surface area contributed by atoms with E-state index in [1.807, 2.05) is 0 Å². The quantitative estimate of drug-likeness (QED) is 0.577. The van der Waals surface area contributed by atoms with Gasteiger partial charge < -0.3 is 4.74 Å². The number of pyridine rings is 1. The number of rotatable bonds is 7. The number of carbonyl (C=O) groups excluding carboxylic acids is 2. The molecule has 0 amide bonds. The summed E-state index contributed by atoms with van der Waals surface area (Å²) in [6.45, 7) is 1.84. The molecule has 0 radical (unpaired) electrons. The maximum absolute atomic E-state index is 13.1. The molecule has 2 aromatic rings. The normalized spacial score (nSPS) is 11.8. The molecule has 0 saturated heterocycles. The fourth-order valence-electron chi connectivity index (χ4n) is 2.31. The monoisotopic (exact) mass is 333 g/mol. The van der Waals surface area contributed by atoms with E-state index in [-0.39, 0.29) is 24.6 Å². The summed E-state index contributed by atoms with van der Waals surface area (Å²) >= 11 is 0. The first kappa shape index (κ1) is 17.7. The highest BCUT2D eigenvalue weighted by molar-refractivity contribution is 5.99. The summed E-state index contributed by atoms with van der Waals surface area (Å²) in [7, 11) is 0. The van der Waals surface area contributed by atoms with Crippen molar-refractivity contribution < 1.29 is 23.1 Å². The van der Waals surface area contributed by atoms with Gasteiger partial charge >= 0.3 is 5.97 Å². The van der Waals surface area contributed by atoms with Gasteiger partial charge in [0.15, 0.2) is 5.78 Å². The second-order valence-corrected chi connectivity index (χ2v) is 5.23. The van der Waals surface area contributed by atoms with E-state index in [1.54, 1.807) is 19.1 Å². The third kappa shape index (κ3) is 4.94. The van der Waals surface area contributed by atoms with Crippen molar-refractivity contribution in [1.29, 1.82) is 0 Å². The van der Waals surface area contributed by atoms with Crippen molar-refractivity contribution >= 4 is 11.8 Å². The summed E-state index contributed by atoms with van der Waals surface area (Å²) in [4.78, 5) is 28.0. The van der Waals surface area contributed by atoms with E-state index in [2.05, 4.69) is 4.98 Å². The lowest BCUT2D eigenvalue weighted by atomic mass is 9.90. The first-order valence-corrected chi connectivity index (χ1v) is 7.53. The molecule has 0 aliphatic rings. The Hall–Kier alpha value is -2.63. The second kappa shape index (κ2) is 8.29. The molecule has 6 heteroatoms. The SMILES string of the molecule is CCOC(=O)CC(=O)C(Cc1ccc(F)cc1)c1ccc(F)cn1. The highest BCUT2D eigenvalue weighted by Crippen LogP contribution is 2.22. The van der Waals surface area contributed by atoms with Crippen LogP contribution in [-0.2, 0) is 20.7 Å². The van der Waals surface area contributed by atoms with Crippen LogP contribution >= 0.6 is 0 Å². The Morgan fingerprint density at radius 1 is 1.08 bits per heavy atom. The van der Waals surface area contributed by atoms with E-state index < -0.39 is 24.1 Å². The van der Waals surface area contributed by atoms with Gasteiger partial charge in [-0.25, -0.2) is 8.78 Å². The molecule has 4 nitrogen and oxygen atoms in total. The van der Waals surface area contributed by atoms with Gasteiger partial charge in [0.1, 0.15) is 18.1 Å². The van der Waals surface area contributed by atoms with E-state index in [0.717, 1.165) is 6.20 Å². The lowest BCUT2D eigenvalue weighted by molar-refractivity contribution is -0.145. The van der Waals surface area contributed by atoms with Gasteiger partial charge in [-0.05, 0) is 43.2 Å². The third-order valence-electron chi connectivity index (χ3n) is 3.47. The van der Waals surface area contributed by atoms with Crippen molar-refractivity contribution in [3.63, 3.8) is 0 Å². The highest BCUT2D eigenvalue weighted by atomic mass is 19.1. The molecular formula is C18H17F2NO3. The largest absolute Gasteiger partial charge is 0.466 e. The van der Waals surface area contributed by atoms with E-state index in [0.29, 0.717) is 11.3 Å². The Bertz CT molecular complexity index is 699. The first-order chi connectivity index (χ1) is 11.5. The second-order valence-electron chi connectivity index (χ2n) is 5.23. The summed E-state index contributed by atoms with van der Waals surface area (Å²) in [5.41, 5.74) is 1.07. The van der Waals surface area contributed by atoms with Crippen LogP contribution in [0.15, 0.2) is 42.6 Å². The van der Waals surface area contributed by atoms with Gasteiger partial charge in [-0.15, -0.1) is 0 Å². The van der Waals surface area contributed by atoms with Gasteiger partial charge in [0.05, 0.1) is 24.4 Å². The Balaban J connectivity index is 2.23. The van der Waals surface area contributed by atoms with Gasteiger partial charge in [0.25, 0.3) is 0 Å². The zero-order chi connectivity index (χ0) is 17.5. The molecule has 0 bridgehead atoms. The molecule has 0 fully saturated rings. The summed E-state index contributed by atoms with van der Waals surface area (Å²) < 4.78 is 30.9. The van der Waals surface area contributed by atoms with Crippen molar-refractivity contribution in [2.75, 3.05) is 6.61 Å². The molecule has 1 atom stereocenters. The zero-order valence-electron chi connectivity index (χ0n) is 13.2. The molecule has 1 heterocycles. The van der Waals surface area contributed by atoms with Crippen LogP contribution in [0.2, 0.25) is 0 Å². The number of hydrogen-bond acceptors (Lipinski definition) is 4. The molecule has 0 spiro atoms. The van der Waals surface area contributed by atoms with E-state index in [4.69, 9.17) is 4.74 Å². The predicted octanol–water partition coefficient (Wildman–Crippen LogP) is 3.21. The predicted molar refractivity (Wildman–Crippen MR) is 83.3 cm³/mol. The van der Waals surface area contributed by atoms with Crippen LogP contribution in [0.25, 0.3) is 0 Å². The Morgan fingerprint density at radius 2 is 1.75 bits per heavy atom. The lowest BCUT2D eigenvalue weighted by Crippen LogP contribution is -2.21. The lowest BCUT2D eigenvalue weighted by Gasteiger charge is -2.15. The maximum Gasteiger partial charge on any atom is 0.313 e. The molecule has 1 aromatic carbocycles. The van der Waals surface area contributed by atoms with E-state index >= 15 is 0 Å². The molecule has 0 N–H and O–H groups in total. The van der Waals surface area contributed by atoms with Gasteiger partial charge in [0, 0.05) is 0 Å². The summed E-state index contributed by atoms with van der Waals surface area (Å²) in [6, 6.07) is 8.32. The number of ketones is 1. The van der Waals surface area contributed by atoms with Gasteiger partial charge in [0.2, 0.25) is 0 Å². The van der Waals surface area contributed by atoms with Crippen LogP contribution in [0.3, 0.4) is 0 Å². The maximum atomic E-state index is 13.1. The van der Waals surface area contributed by atoms with E-state index in [9.17, 15) is 18.4 Å². The zero-order valence-corrected chi connectivity index (χ0v) is 13.2. The number of ether oxygens (including phenoxy) is 1. The van der Waals surface area contributed by atoms with Crippen LogP contribution in [0.5, 0.6) is 0 Å². The minimum Gasteiger partial charge on any atom is -0.466 e. The molecule has 0 saturated carbocycles. The van der Waals surface area contributed by atoms with Crippen molar-refractivity contribution in [3.05, 3.63) is 65.5 Å². The number of hydrogen-bond donors (Lipinski definition) is 0. The number of benzene rings is 1. The van der Waals surface area contributed by atoms with Gasteiger partial charge in [-0.3, -0.25) is 14.6 Å². The fraction of sp³-hybridized carbons (Fsp3) is 0.278. The molecule has 0 aliphatic heterocycles. The fourth-order valence-corrected chi connectivity index (χ4v) is 2.31. The Labute approximate surface area is 138 Å². The van der Waals surface area contributed by atoms with Crippen LogP contribution in [0.4, 0.5) is 8.78 Å². The standard InChI is InChI=1S/C18H17F2NO3/c1-2-24-18(23)10-17(22)15(16-8-7-14(20)11-21-16)9-12-3-5-13(19)6-4-12/h3-8,11,15H,2,9-10H2,1H3. The van der Waals surface area contributed by atoms with E-state index in [1.165, 1.54) is 24.3 Å². The van der Waals surface area contributed by atoms with Crippen molar-refractivity contribution in [2.24, 2.45) is 0 Å². The first-order valence-electron chi connectivity index (χ1n) is 7.53. The van der Waals surface area contributed by atoms with Crippen LogP contribution in [0.1, 0.15) is 30.5 Å². The topological polar surface area (TPSA) is 56.3 Å². The Morgan fingerprint density at radius 3 is 2.33 bits per heavy atom. The van der Waals surface area contributed by atoms with Crippen molar-refractivity contribution in [1.82, 2.24) is 4.98 Å². The summed E-state index contributed by atoms with van der Waals surface area (Å²) in [5.74, 6) is -2.63. The van der Waals surface area contributed by atoms with Gasteiger partial charge in [-0.1, -0.05) is 12.1 Å². The number of carbonyl (C=O) groups is 2. The minimum absolute atomic E-state index is 0.184. The molecule has 0 aliphatic carbocycles. The number of aromatic nitrogens is 1. The molecule has 2 rings (SSSR count). The smallest absolute Gasteiger partial charge is 0.313 e. The summed E-state index contributed by atoms with van der Waals surface area (Å²) in [6.07, 6.45) is 0.862. The summed E-state index contributed by atoms with van der Waals surface area (Å²) in [5, 5.41) is 0.